The molecule has 0 fully saturated rings. The number of ether oxygens (including phenoxy) is 1. The lowest BCUT2D eigenvalue weighted by atomic mass is 9.86. The van der Waals surface area contributed by atoms with Gasteiger partial charge in [-0.25, -0.2) is 0 Å². The average molecular weight is 284 g/mol. The van der Waals surface area contributed by atoms with Crippen molar-refractivity contribution < 1.29 is 14.6 Å². The van der Waals surface area contributed by atoms with Crippen molar-refractivity contribution in [2.45, 2.75) is 26.2 Å². The van der Waals surface area contributed by atoms with E-state index < -0.39 is 6.79 Å². The molecule has 0 saturated heterocycles. The van der Waals surface area contributed by atoms with E-state index in [0.29, 0.717) is 16.9 Å². The fraction of sp³-hybridized carbons (Fsp3) is 0.278. The summed E-state index contributed by atoms with van der Waals surface area (Å²) in [5.41, 5.74) is 2.30. The molecule has 0 heterocycles. The Morgan fingerprint density at radius 2 is 1.67 bits per heavy atom. The summed E-state index contributed by atoms with van der Waals surface area (Å²) in [7, 11) is 0. The molecule has 0 atom stereocenters. The molecule has 0 spiro atoms. The maximum atomic E-state index is 12.5. The largest absolute Gasteiger partial charge is 0.467 e. The average Bonchev–Trinajstić information content (AvgIpc) is 2.47. The van der Waals surface area contributed by atoms with Crippen molar-refractivity contribution in [3.8, 4) is 5.75 Å². The van der Waals surface area contributed by atoms with Gasteiger partial charge in [0.1, 0.15) is 5.75 Å². The van der Waals surface area contributed by atoms with Crippen LogP contribution in [0.25, 0.3) is 0 Å². The first-order chi connectivity index (χ1) is 9.93. The van der Waals surface area contributed by atoms with Crippen LogP contribution >= 0.6 is 0 Å². The molecule has 0 saturated carbocycles. The third kappa shape index (κ3) is 3.50. The van der Waals surface area contributed by atoms with Gasteiger partial charge < -0.3 is 9.84 Å². The van der Waals surface area contributed by atoms with Crippen LogP contribution in [0.15, 0.2) is 48.5 Å². The molecule has 110 valence electrons. The molecule has 0 unspecified atom stereocenters. The summed E-state index contributed by atoms with van der Waals surface area (Å²) >= 11 is 0. The van der Waals surface area contributed by atoms with E-state index in [1.54, 1.807) is 24.3 Å². The van der Waals surface area contributed by atoms with Gasteiger partial charge in [-0.1, -0.05) is 57.2 Å². The van der Waals surface area contributed by atoms with Crippen molar-refractivity contribution in [2.75, 3.05) is 6.79 Å². The van der Waals surface area contributed by atoms with E-state index >= 15 is 0 Å². The molecule has 2 aromatic rings. The summed E-state index contributed by atoms with van der Waals surface area (Å²) in [5.74, 6) is 0.282. The number of carbonyl (C=O) groups excluding carboxylic acids is 1. The quantitative estimate of drug-likeness (QED) is 0.690. The lowest BCUT2D eigenvalue weighted by molar-refractivity contribution is 0.0936. The van der Waals surface area contributed by atoms with Crippen molar-refractivity contribution in [3.63, 3.8) is 0 Å². The SMILES string of the molecule is CC(C)(C)c1ccc(C(=O)c2ccccc2OCO)cc1. The van der Waals surface area contributed by atoms with Gasteiger partial charge in [-0.3, -0.25) is 4.79 Å². The topological polar surface area (TPSA) is 46.5 Å². The summed E-state index contributed by atoms with van der Waals surface area (Å²) in [5, 5.41) is 8.89. The number of carbonyl (C=O) groups is 1. The zero-order valence-electron chi connectivity index (χ0n) is 12.6. The summed E-state index contributed by atoms with van der Waals surface area (Å²) in [6.45, 7) is 5.95. The third-order valence-electron chi connectivity index (χ3n) is 3.36. The molecule has 1 N–H and O–H groups in total. The van der Waals surface area contributed by atoms with Gasteiger partial charge in [-0.15, -0.1) is 0 Å². The van der Waals surface area contributed by atoms with Gasteiger partial charge in [0.15, 0.2) is 12.6 Å². The lowest BCUT2D eigenvalue weighted by Crippen LogP contribution is -2.11. The van der Waals surface area contributed by atoms with E-state index in [-0.39, 0.29) is 11.2 Å². The number of benzene rings is 2. The van der Waals surface area contributed by atoms with Crippen LogP contribution in [0, 0.1) is 0 Å². The number of rotatable bonds is 4. The van der Waals surface area contributed by atoms with Gasteiger partial charge in [0.2, 0.25) is 0 Å². The predicted octanol–water partition coefficient (Wildman–Crippen LogP) is 3.54. The monoisotopic (exact) mass is 284 g/mol. The first-order valence-electron chi connectivity index (χ1n) is 6.91. The highest BCUT2D eigenvalue weighted by molar-refractivity contribution is 6.10. The summed E-state index contributed by atoms with van der Waals surface area (Å²) in [6.07, 6.45) is 0. The van der Waals surface area contributed by atoms with E-state index in [9.17, 15) is 4.79 Å². The zero-order valence-corrected chi connectivity index (χ0v) is 12.6. The molecule has 0 aromatic heterocycles. The van der Waals surface area contributed by atoms with Gasteiger partial charge in [-0.2, -0.15) is 0 Å². The second-order valence-corrected chi connectivity index (χ2v) is 5.93. The van der Waals surface area contributed by atoms with Crippen LogP contribution in [-0.2, 0) is 5.41 Å². The Morgan fingerprint density at radius 1 is 1.05 bits per heavy atom. The number of hydrogen-bond donors (Lipinski definition) is 1. The van der Waals surface area contributed by atoms with Gasteiger partial charge in [0, 0.05) is 5.56 Å². The van der Waals surface area contributed by atoms with Crippen molar-refractivity contribution in [3.05, 3.63) is 65.2 Å². The van der Waals surface area contributed by atoms with E-state index in [0.717, 1.165) is 0 Å². The minimum atomic E-state index is -0.451. The molecule has 0 aliphatic rings. The smallest absolute Gasteiger partial charge is 0.196 e. The number of para-hydroxylation sites is 1. The number of aliphatic hydroxyl groups excluding tert-OH is 1. The van der Waals surface area contributed by atoms with Crippen LogP contribution in [-0.4, -0.2) is 17.7 Å². The first kappa shape index (κ1) is 15.3. The molecule has 21 heavy (non-hydrogen) atoms. The Kier molecular flexibility index (Phi) is 4.43. The van der Waals surface area contributed by atoms with Crippen LogP contribution in [0.2, 0.25) is 0 Å². The van der Waals surface area contributed by atoms with E-state index in [4.69, 9.17) is 9.84 Å². The Hall–Kier alpha value is -2.13. The maximum absolute atomic E-state index is 12.5. The fourth-order valence-corrected chi connectivity index (χ4v) is 2.13. The molecule has 0 aliphatic carbocycles. The molecule has 0 aliphatic heterocycles. The van der Waals surface area contributed by atoms with Gasteiger partial charge in [0.25, 0.3) is 0 Å². The standard InChI is InChI=1S/C18H20O3/c1-18(2,3)14-10-8-13(9-11-14)17(20)15-6-4-5-7-16(15)21-12-19/h4-11,19H,12H2,1-3H3. The predicted molar refractivity (Wildman–Crippen MR) is 82.7 cm³/mol. The van der Waals surface area contributed by atoms with Crippen molar-refractivity contribution in [1.82, 2.24) is 0 Å². The van der Waals surface area contributed by atoms with E-state index in [2.05, 4.69) is 20.8 Å². The highest BCUT2D eigenvalue weighted by atomic mass is 16.6. The molecule has 0 radical (unpaired) electrons. The van der Waals surface area contributed by atoms with E-state index in [1.165, 1.54) is 5.56 Å². The first-order valence-corrected chi connectivity index (χ1v) is 6.91. The Bertz CT molecular complexity index is 622. The highest BCUT2D eigenvalue weighted by Gasteiger charge is 2.17. The van der Waals surface area contributed by atoms with Crippen molar-refractivity contribution in [2.24, 2.45) is 0 Å². The van der Waals surface area contributed by atoms with Crippen molar-refractivity contribution in [1.29, 1.82) is 0 Å². The summed E-state index contributed by atoms with van der Waals surface area (Å²) in [6, 6.07) is 14.5. The van der Waals surface area contributed by atoms with Gasteiger partial charge >= 0.3 is 0 Å². The number of aliphatic hydroxyl groups is 1. The third-order valence-corrected chi connectivity index (χ3v) is 3.36. The molecular formula is C18H20O3. The van der Waals surface area contributed by atoms with Crippen molar-refractivity contribution >= 4 is 5.78 Å². The van der Waals surface area contributed by atoms with Crippen LogP contribution in [0.4, 0.5) is 0 Å². The Labute approximate surface area is 125 Å². The molecule has 3 nitrogen and oxygen atoms in total. The minimum absolute atomic E-state index is 0.0550. The molecule has 3 heteroatoms. The Balaban J connectivity index is 2.32. The molecule has 0 amide bonds. The number of ketones is 1. The molecule has 2 aromatic carbocycles. The van der Waals surface area contributed by atoms with E-state index in [1.807, 2.05) is 24.3 Å². The minimum Gasteiger partial charge on any atom is -0.467 e. The van der Waals surface area contributed by atoms with Gasteiger partial charge in [0.05, 0.1) is 5.56 Å². The zero-order chi connectivity index (χ0) is 15.5. The second kappa shape index (κ2) is 6.10. The van der Waals surface area contributed by atoms with Crippen LogP contribution < -0.4 is 4.74 Å². The molecular weight excluding hydrogens is 264 g/mol. The van der Waals surface area contributed by atoms with Crippen LogP contribution in [0.5, 0.6) is 5.75 Å². The molecule has 0 bridgehead atoms. The Morgan fingerprint density at radius 3 is 2.24 bits per heavy atom. The summed E-state index contributed by atoms with van der Waals surface area (Å²) < 4.78 is 5.09. The number of hydrogen-bond acceptors (Lipinski definition) is 3. The summed E-state index contributed by atoms with van der Waals surface area (Å²) in [4.78, 5) is 12.5. The van der Waals surface area contributed by atoms with Crippen LogP contribution in [0.1, 0.15) is 42.3 Å². The highest BCUT2D eigenvalue weighted by Crippen LogP contribution is 2.25. The van der Waals surface area contributed by atoms with Gasteiger partial charge in [-0.05, 0) is 23.1 Å². The molecule has 2 rings (SSSR count). The normalized spacial score (nSPS) is 11.2. The lowest BCUT2D eigenvalue weighted by Gasteiger charge is -2.19. The van der Waals surface area contributed by atoms with Crippen LogP contribution in [0.3, 0.4) is 0 Å². The maximum Gasteiger partial charge on any atom is 0.196 e. The second-order valence-electron chi connectivity index (χ2n) is 5.93. The fourth-order valence-electron chi connectivity index (χ4n) is 2.13.